The highest BCUT2D eigenvalue weighted by molar-refractivity contribution is 6.30. The molecule has 1 saturated heterocycles. The molecule has 0 radical (unpaired) electrons. The molecule has 154 valence electrons. The molecule has 2 N–H and O–H groups in total. The summed E-state index contributed by atoms with van der Waals surface area (Å²) in [4.78, 5) is 14.1. The molecule has 4 rings (SSSR count). The van der Waals surface area contributed by atoms with Crippen LogP contribution in [0.5, 0.6) is 5.75 Å². The fourth-order valence-corrected chi connectivity index (χ4v) is 4.41. The predicted octanol–water partition coefficient (Wildman–Crippen LogP) is 4.25. The number of anilines is 2. The second-order valence-corrected chi connectivity index (χ2v) is 8.56. The number of nitrogens with one attached hydrogen (secondary N) is 2. The molecule has 0 aromatic heterocycles. The Labute approximate surface area is 177 Å². The van der Waals surface area contributed by atoms with E-state index in [9.17, 15) is 4.79 Å². The molecule has 0 saturated carbocycles. The first-order valence-electron chi connectivity index (χ1n) is 10.3. The second kappa shape index (κ2) is 8.64. The van der Waals surface area contributed by atoms with E-state index >= 15 is 0 Å². The quantitative estimate of drug-likeness (QED) is 0.695. The van der Waals surface area contributed by atoms with Crippen molar-refractivity contribution in [1.82, 2.24) is 5.32 Å². The van der Waals surface area contributed by atoms with Gasteiger partial charge in [0.25, 0.3) is 0 Å². The van der Waals surface area contributed by atoms with Gasteiger partial charge < -0.3 is 20.3 Å². The number of halogens is 1. The highest BCUT2D eigenvalue weighted by atomic mass is 35.5. The number of carbonyl (C=O) groups excluding carboxylic acids is 1. The number of nitrogens with zero attached hydrogens (tertiary/aromatic N) is 1. The summed E-state index contributed by atoms with van der Waals surface area (Å²) in [5.41, 5.74) is 3.30. The molecule has 0 bridgehead atoms. The molecule has 1 amide bonds. The second-order valence-electron chi connectivity index (χ2n) is 8.12. The summed E-state index contributed by atoms with van der Waals surface area (Å²) in [7, 11) is 0. The van der Waals surface area contributed by atoms with Crippen LogP contribution in [0.3, 0.4) is 0 Å². The molecule has 1 unspecified atom stereocenters. The van der Waals surface area contributed by atoms with Gasteiger partial charge in [-0.3, -0.25) is 4.79 Å². The lowest BCUT2D eigenvalue weighted by molar-refractivity contribution is -0.116. The van der Waals surface area contributed by atoms with E-state index in [1.165, 1.54) is 11.3 Å². The van der Waals surface area contributed by atoms with Crippen molar-refractivity contribution < 1.29 is 9.53 Å². The third-order valence-corrected chi connectivity index (χ3v) is 6.17. The average Bonchev–Trinajstić information content (AvgIpc) is 2.72. The van der Waals surface area contributed by atoms with E-state index in [-0.39, 0.29) is 11.4 Å². The number of amides is 1. The molecule has 5 nitrogen and oxygen atoms in total. The number of rotatable bonds is 6. The summed E-state index contributed by atoms with van der Waals surface area (Å²) in [6.07, 6.45) is 3.33. The number of piperazine rings is 1. The predicted molar refractivity (Wildman–Crippen MR) is 118 cm³/mol. The Bertz CT molecular complexity index is 871. The van der Waals surface area contributed by atoms with E-state index in [4.69, 9.17) is 16.3 Å². The molecular formula is C23H28ClN3O2. The lowest BCUT2D eigenvalue weighted by Crippen LogP contribution is -2.60. The van der Waals surface area contributed by atoms with Gasteiger partial charge in [0.15, 0.2) is 0 Å². The first-order valence-corrected chi connectivity index (χ1v) is 10.7. The lowest BCUT2D eigenvalue weighted by Gasteiger charge is -2.47. The molecule has 1 fully saturated rings. The van der Waals surface area contributed by atoms with E-state index in [2.05, 4.69) is 40.7 Å². The summed E-state index contributed by atoms with van der Waals surface area (Å²) in [6, 6.07) is 14.1. The maximum atomic E-state index is 11.6. The average molecular weight is 414 g/mol. The first-order chi connectivity index (χ1) is 14.0. The van der Waals surface area contributed by atoms with Gasteiger partial charge in [0.1, 0.15) is 5.75 Å². The number of hydrogen-bond donors (Lipinski definition) is 2. The SMILES string of the molecule is CC1(CCCOc2ccc3c(c2)NC(=O)CC3)CNCCN1c1ccc(Cl)cc1. The van der Waals surface area contributed by atoms with Gasteiger partial charge >= 0.3 is 0 Å². The third-order valence-electron chi connectivity index (χ3n) is 5.91. The summed E-state index contributed by atoms with van der Waals surface area (Å²) >= 11 is 6.06. The van der Waals surface area contributed by atoms with Gasteiger partial charge in [0.2, 0.25) is 5.91 Å². The van der Waals surface area contributed by atoms with Crippen molar-refractivity contribution in [1.29, 1.82) is 0 Å². The van der Waals surface area contributed by atoms with Gasteiger partial charge in [-0.15, -0.1) is 0 Å². The number of fused-ring (bicyclic) bond motifs is 1. The van der Waals surface area contributed by atoms with Crippen molar-refractivity contribution >= 4 is 28.9 Å². The molecule has 0 spiro atoms. The summed E-state index contributed by atoms with van der Waals surface area (Å²) in [5.74, 6) is 0.891. The van der Waals surface area contributed by atoms with E-state index in [0.29, 0.717) is 13.0 Å². The minimum Gasteiger partial charge on any atom is -0.494 e. The first kappa shape index (κ1) is 20.0. The van der Waals surface area contributed by atoms with Crippen LogP contribution in [0.25, 0.3) is 0 Å². The Morgan fingerprint density at radius 3 is 2.83 bits per heavy atom. The van der Waals surface area contributed by atoms with Crippen LogP contribution < -0.4 is 20.3 Å². The van der Waals surface area contributed by atoms with Crippen molar-refractivity contribution in [3.05, 3.63) is 53.1 Å². The number of ether oxygens (including phenoxy) is 1. The number of aryl methyl sites for hydroxylation is 1. The Balaban J connectivity index is 1.34. The molecule has 29 heavy (non-hydrogen) atoms. The van der Waals surface area contributed by atoms with E-state index in [1.807, 2.05) is 24.3 Å². The molecular weight excluding hydrogens is 386 g/mol. The van der Waals surface area contributed by atoms with Crippen LogP contribution in [0.1, 0.15) is 31.7 Å². The van der Waals surface area contributed by atoms with Crippen LogP contribution >= 0.6 is 11.6 Å². The Hall–Kier alpha value is -2.24. The number of carbonyl (C=O) groups is 1. The molecule has 0 aliphatic carbocycles. The van der Waals surface area contributed by atoms with Crippen molar-refractivity contribution in [2.75, 3.05) is 36.5 Å². The smallest absolute Gasteiger partial charge is 0.224 e. The summed E-state index contributed by atoms with van der Waals surface area (Å²) < 4.78 is 5.99. The lowest BCUT2D eigenvalue weighted by atomic mass is 9.91. The van der Waals surface area contributed by atoms with Gasteiger partial charge in [-0.2, -0.15) is 0 Å². The highest BCUT2D eigenvalue weighted by Crippen LogP contribution is 2.31. The Morgan fingerprint density at radius 1 is 1.17 bits per heavy atom. The summed E-state index contributed by atoms with van der Waals surface area (Å²) in [5, 5.41) is 7.23. The maximum Gasteiger partial charge on any atom is 0.224 e. The topological polar surface area (TPSA) is 53.6 Å². The highest BCUT2D eigenvalue weighted by Gasteiger charge is 2.34. The van der Waals surface area contributed by atoms with Crippen LogP contribution in [0.15, 0.2) is 42.5 Å². The van der Waals surface area contributed by atoms with Crippen molar-refractivity contribution in [3.8, 4) is 5.75 Å². The summed E-state index contributed by atoms with van der Waals surface area (Å²) in [6.45, 7) is 5.86. The van der Waals surface area contributed by atoms with Gasteiger partial charge in [0.05, 0.1) is 6.61 Å². The van der Waals surface area contributed by atoms with Crippen LogP contribution in [0.2, 0.25) is 5.02 Å². The minimum atomic E-state index is 0.0271. The standard InChI is InChI=1S/C23H28ClN3O2/c1-23(16-25-12-13-27(23)19-7-5-18(24)6-8-19)11-2-14-29-20-9-3-17-4-10-22(28)26-21(17)15-20/h3,5-9,15,25H,2,4,10-14,16H2,1H3,(H,26,28). The molecule has 2 aromatic carbocycles. The van der Waals surface area contributed by atoms with Crippen LogP contribution in [-0.2, 0) is 11.2 Å². The zero-order valence-corrected chi connectivity index (χ0v) is 17.6. The van der Waals surface area contributed by atoms with Gasteiger partial charge in [-0.25, -0.2) is 0 Å². The molecule has 2 aliphatic rings. The van der Waals surface area contributed by atoms with Crippen LogP contribution in [0, 0.1) is 0 Å². The monoisotopic (exact) mass is 413 g/mol. The third kappa shape index (κ3) is 4.68. The fourth-order valence-electron chi connectivity index (χ4n) is 4.28. The van der Waals surface area contributed by atoms with E-state index in [0.717, 1.165) is 55.4 Å². The normalized spacial score (nSPS) is 21.4. The van der Waals surface area contributed by atoms with Crippen LogP contribution in [-0.4, -0.2) is 37.7 Å². The van der Waals surface area contributed by atoms with Crippen molar-refractivity contribution in [3.63, 3.8) is 0 Å². The Kier molecular flexibility index (Phi) is 5.97. The molecule has 2 heterocycles. The van der Waals surface area contributed by atoms with Gasteiger partial charge in [-0.05, 0) is 62.1 Å². The molecule has 6 heteroatoms. The van der Waals surface area contributed by atoms with Crippen molar-refractivity contribution in [2.45, 2.75) is 38.1 Å². The Morgan fingerprint density at radius 2 is 2.00 bits per heavy atom. The van der Waals surface area contributed by atoms with E-state index in [1.54, 1.807) is 0 Å². The number of hydrogen-bond acceptors (Lipinski definition) is 4. The van der Waals surface area contributed by atoms with Crippen molar-refractivity contribution in [2.24, 2.45) is 0 Å². The van der Waals surface area contributed by atoms with Crippen LogP contribution in [0.4, 0.5) is 11.4 Å². The fraction of sp³-hybridized carbons (Fsp3) is 0.435. The molecule has 2 aliphatic heterocycles. The number of benzene rings is 2. The van der Waals surface area contributed by atoms with Gasteiger partial charge in [-0.1, -0.05) is 17.7 Å². The zero-order chi connectivity index (χ0) is 20.3. The van der Waals surface area contributed by atoms with E-state index < -0.39 is 0 Å². The minimum absolute atomic E-state index is 0.0271. The largest absolute Gasteiger partial charge is 0.494 e. The van der Waals surface area contributed by atoms with Gasteiger partial charge in [0, 0.05) is 54.1 Å². The molecule has 1 atom stereocenters. The zero-order valence-electron chi connectivity index (χ0n) is 16.8. The molecule has 2 aromatic rings. The maximum absolute atomic E-state index is 11.6.